The monoisotopic (exact) mass is 363 g/mol. The molecule has 2 aliphatic rings. The minimum atomic E-state index is -0.177. The molecule has 0 radical (unpaired) electrons. The van der Waals surface area contributed by atoms with Gasteiger partial charge in [-0.2, -0.15) is 5.10 Å². The van der Waals surface area contributed by atoms with Crippen LogP contribution in [0, 0.1) is 5.92 Å². The average Bonchev–Trinajstić information content (AvgIpc) is 3.15. The quantitative estimate of drug-likeness (QED) is 0.772. The number of nitrogens with one attached hydrogen (secondary N) is 1. The number of para-hydroxylation sites is 1. The van der Waals surface area contributed by atoms with Gasteiger partial charge in [0, 0.05) is 19.3 Å². The van der Waals surface area contributed by atoms with Gasteiger partial charge in [-0.15, -0.1) is 0 Å². The summed E-state index contributed by atoms with van der Waals surface area (Å²) in [4.78, 5) is 32.8. The molecule has 1 aliphatic heterocycles. The van der Waals surface area contributed by atoms with Gasteiger partial charge in [-0.25, -0.2) is 4.98 Å². The van der Waals surface area contributed by atoms with E-state index < -0.39 is 0 Å². The van der Waals surface area contributed by atoms with Gasteiger partial charge in [0.05, 0.1) is 28.7 Å². The molecular weight excluding hydrogens is 342 g/mol. The van der Waals surface area contributed by atoms with Crippen LogP contribution >= 0.6 is 0 Å². The number of aromatic amines is 1. The van der Waals surface area contributed by atoms with E-state index in [1.807, 2.05) is 33.7 Å². The number of amides is 1. The Bertz CT molecular complexity index is 1050. The van der Waals surface area contributed by atoms with Crippen LogP contribution in [0.4, 0.5) is 0 Å². The van der Waals surface area contributed by atoms with Crippen molar-refractivity contribution in [2.24, 2.45) is 5.92 Å². The van der Waals surface area contributed by atoms with Crippen LogP contribution in [0.2, 0.25) is 0 Å². The summed E-state index contributed by atoms with van der Waals surface area (Å²) < 4.78 is 1.83. The Hall–Kier alpha value is -2.96. The molecule has 138 valence electrons. The van der Waals surface area contributed by atoms with Gasteiger partial charge in [0.15, 0.2) is 0 Å². The van der Waals surface area contributed by atoms with E-state index in [0.717, 1.165) is 31.5 Å². The Morgan fingerprint density at radius 2 is 2.07 bits per heavy atom. The van der Waals surface area contributed by atoms with E-state index in [9.17, 15) is 9.59 Å². The number of H-pyrrole nitrogens is 1. The maximum absolute atomic E-state index is 13.2. The second kappa shape index (κ2) is 6.33. The smallest absolute Gasteiger partial charge is 0.261 e. The van der Waals surface area contributed by atoms with Crippen LogP contribution in [-0.4, -0.2) is 37.1 Å². The molecule has 1 unspecified atom stereocenters. The number of hydrogen-bond donors (Lipinski definition) is 1. The first-order valence-corrected chi connectivity index (χ1v) is 9.51. The predicted octanol–water partition coefficient (Wildman–Crippen LogP) is 2.51. The number of nitrogens with zero attached hydrogens (tertiary/aromatic N) is 4. The zero-order chi connectivity index (χ0) is 18.4. The lowest BCUT2D eigenvalue weighted by molar-refractivity contribution is 0.0726. The molecule has 1 aliphatic carbocycles. The van der Waals surface area contributed by atoms with Crippen molar-refractivity contribution in [3.63, 3.8) is 0 Å². The molecule has 3 aromatic rings. The largest absolute Gasteiger partial charge is 0.328 e. The topological polar surface area (TPSA) is 83.9 Å². The van der Waals surface area contributed by atoms with Gasteiger partial charge in [0.1, 0.15) is 5.82 Å². The molecule has 1 saturated carbocycles. The fourth-order valence-corrected chi connectivity index (χ4v) is 3.99. The molecule has 2 aromatic heterocycles. The number of carbonyl (C=O) groups is 1. The van der Waals surface area contributed by atoms with E-state index in [2.05, 4.69) is 10.2 Å². The zero-order valence-electron chi connectivity index (χ0n) is 15.0. The van der Waals surface area contributed by atoms with Gasteiger partial charge in [-0.1, -0.05) is 12.1 Å². The van der Waals surface area contributed by atoms with E-state index in [4.69, 9.17) is 4.98 Å². The zero-order valence-corrected chi connectivity index (χ0v) is 15.0. The summed E-state index contributed by atoms with van der Waals surface area (Å²) in [5.74, 6) is 1.20. The Morgan fingerprint density at radius 1 is 1.22 bits per heavy atom. The van der Waals surface area contributed by atoms with Crippen LogP contribution in [0.25, 0.3) is 10.9 Å². The van der Waals surface area contributed by atoms with Gasteiger partial charge >= 0.3 is 0 Å². The molecule has 7 heteroatoms. The number of aromatic nitrogens is 4. The van der Waals surface area contributed by atoms with Crippen molar-refractivity contribution >= 4 is 16.8 Å². The first-order chi connectivity index (χ1) is 13.2. The van der Waals surface area contributed by atoms with Crippen LogP contribution in [0.1, 0.15) is 47.9 Å². The number of rotatable bonds is 4. The third kappa shape index (κ3) is 2.83. The van der Waals surface area contributed by atoms with Crippen molar-refractivity contribution in [2.45, 2.75) is 38.3 Å². The fourth-order valence-electron chi connectivity index (χ4n) is 3.99. The summed E-state index contributed by atoms with van der Waals surface area (Å²) in [5.41, 5.74) is 1.25. The van der Waals surface area contributed by atoms with Gasteiger partial charge < -0.3 is 4.90 Å². The molecule has 7 nitrogen and oxygen atoms in total. The molecule has 3 heterocycles. The van der Waals surface area contributed by atoms with Gasteiger partial charge in [-0.3, -0.25) is 19.3 Å². The third-order valence-electron chi connectivity index (χ3n) is 5.59. The highest BCUT2D eigenvalue weighted by Gasteiger charge is 2.35. The number of carbonyl (C=O) groups excluding carboxylic acids is 1. The first kappa shape index (κ1) is 16.2. The van der Waals surface area contributed by atoms with E-state index in [1.165, 1.54) is 0 Å². The van der Waals surface area contributed by atoms with Crippen LogP contribution in [0.5, 0.6) is 0 Å². The van der Waals surface area contributed by atoms with Gasteiger partial charge in [0.25, 0.3) is 11.5 Å². The molecule has 0 bridgehead atoms. The second-order valence-electron chi connectivity index (χ2n) is 7.49. The molecule has 2 fully saturated rings. The Balaban J connectivity index is 1.62. The third-order valence-corrected chi connectivity index (χ3v) is 5.59. The number of hydrogen-bond acceptors (Lipinski definition) is 4. The summed E-state index contributed by atoms with van der Waals surface area (Å²) in [6.07, 6.45) is 7.19. The highest BCUT2D eigenvalue weighted by atomic mass is 16.2. The average molecular weight is 363 g/mol. The van der Waals surface area contributed by atoms with Crippen LogP contribution in [0.15, 0.2) is 41.5 Å². The first-order valence-electron chi connectivity index (χ1n) is 9.51. The van der Waals surface area contributed by atoms with Crippen molar-refractivity contribution in [1.29, 1.82) is 0 Å². The lowest BCUT2D eigenvalue weighted by Gasteiger charge is -2.26. The highest BCUT2D eigenvalue weighted by Crippen LogP contribution is 2.35. The molecule has 1 aromatic carbocycles. The Labute approximate surface area is 156 Å². The highest BCUT2D eigenvalue weighted by molar-refractivity contribution is 5.94. The van der Waals surface area contributed by atoms with E-state index in [-0.39, 0.29) is 17.5 Å². The SMILES string of the molecule is O=C(c1cn[nH]c1)N1CCCC1c1nc2ccccc2c(=O)n1CC1CC1. The minimum Gasteiger partial charge on any atom is -0.328 e. The molecule has 1 amide bonds. The molecule has 27 heavy (non-hydrogen) atoms. The van der Waals surface area contributed by atoms with Crippen LogP contribution < -0.4 is 5.56 Å². The predicted molar refractivity (Wildman–Crippen MR) is 100 cm³/mol. The minimum absolute atomic E-state index is 0.00473. The molecule has 1 N–H and O–H groups in total. The van der Waals surface area contributed by atoms with Crippen molar-refractivity contribution in [1.82, 2.24) is 24.6 Å². The standard InChI is InChI=1S/C20H21N5O2/c26-19(14-10-21-22-11-14)24-9-3-6-17(24)18-23-16-5-2-1-4-15(16)20(27)25(18)12-13-7-8-13/h1-2,4-5,10-11,13,17H,3,6-9,12H2,(H,21,22). The maximum atomic E-state index is 13.2. The van der Waals surface area contributed by atoms with E-state index in [0.29, 0.717) is 35.5 Å². The maximum Gasteiger partial charge on any atom is 0.261 e. The number of likely N-dealkylation sites (tertiary alicyclic amines) is 1. The summed E-state index contributed by atoms with van der Waals surface area (Å²) >= 11 is 0. The second-order valence-corrected chi connectivity index (χ2v) is 7.49. The normalized spacial score (nSPS) is 19.7. The van der Waals surface area contributed by atoms with Crippen molar-refractivity contribution in [2.75, 3.05) is 6.54 Å². The molecular formula is C20H21N5O2. The van der Waals surface area contributed by atoms with E-state index in [1.54, 1.807) is 12.4 Å². The van der Waals surface area contributed by atoms with Gasteiger partial charge in [0.2, 0.25) is 0 Å². The van der Waals surface area contributed by atoms with Crippen LogP contribution in [-0.2, 0) is 6.54 Å². The number of benzene rings is 1. The van der Waals surface area contributed by atoms with Crippen molar-refractivity contribution in [3.8, 4) is 0 Å². The fraction of sp³-hybridized carbons (Fsp3) is 0.400. The Kier molecular flexibility index (Phi) is 3.81. The molecule has 1 atom stereocenters. The number of fused-ring (bicyclic) bond motifs is 1. The molecule has 0 spiro atoms. The Morgan fingerprint density at radius 3 is 2.85 bits per heavy atom. The molecule has 1 saturated heterocycles. The van der Waals surface area contributed by atoms with Crippen molar-refractivity contribution in [3.05, 3.63) is 58.4 Å². The lowest BCUT2D eigenvalue weighted by atomic mass is 10.1. The molecule has 5 rings (SSSR count). The summed E-state index contributed by atoms with van der Waals surface area (Å²) in [5, 5.41) is 7.23. The lowest BCUT2D eigenvalue weighted by Crippen LogP contribution is -2.35. The van der Waals surface area contributed by atoms with Crippen LogP contribution in [0.3, 0.4) is 0 Å². The van der Waals surface area contributed by atoms with Gasteiger partial charge in [-0.05, 0) is 43.7 Å². The van der Waals surface area contributed by atoms with Crippen molar-refractivity contribution < 1.29 is 4.79 Å². The summed E-state index contributed by atoms with van der Waals surface area (Å²) in [6, 6.07) is 7.30. The summed E-state index contributed by atoms with van der Waals surface area (Å²) in [6.45, 7) is 1.36. The van der Waals surface area contributed by atoms with E-state index >= 15 is 0 Å². The summed E-state index contributed by atoms with van der Waals surface area (Å²) in [7, 11) is 0.